The van der Waals surface area contributed by atoms with Gasteiger partial charge in [0.25, 0.3) is 0 Å². The Morgan fingerprint density at radius 3 is 2.38 bits per heavy atom. The van der Waals surface area contributed by atoms with Crippen molar-refractivity contribution in [2.45, 2.75) is 58.3 Å². The molecule has 0 bridgehead atoms. The highest BCUT2D eigenvalue weighted by Crippen LogP contribution is 2.37. The van der Waals surface area contributed by atoms with Gasteiger partial charge in [0, 0.05) is 29.4 Å². The predicted molar refractivity (Wildman–Crippen MR) is 100 cm³/mol. The summed E-state index contributed by atoms with van der Waals surface area (Å²) < 4.78 is 13.3. The second-order valence-electron chi connectivity index (χ2n) is 7.79. The molecule has 26 heavy (non-hydrogen) atoms. The van der Waals surface area contributed by atoms with E-state index < -0.39 is 18.3 Å². The molecule has 2 fully saturated rings. The first kappa shape index (κ1) is 17.6. The molecular formula is C18H21BN2O4S. The fraction of sp³-hybridized carbons (Fsp3) is 0.500. The molecule has 2 aromatic heterocycles. The minimum absolute atomic E-state index is 0.105. The summed E-state index contributed by atoms with van der Waals surface area (Å²) in [4.78, 5) is 30.4. The van der Waals surface area contributed by atoms with E-state index >= 15 is 0 Å². The number of nitrogens with zero attached hydrogens (tertiary/aromatic N) is 2. The van der Waals surface area contributed by atoms with Gasteiger partial charge in [-0.25, -0.2) is 0 Å². The first-order valence-corrected chi connectivity index (χ1v) is 9.56. The van der Waals surface area contributed by atoms with Gasteiger partial charge in [-0.2, -0.15) is 0 Å². The third kappa shape index (κ3) is 2.76. The van der Waals surface area contributed by atoms with E-state index in [1.165, 1.54) is 16.2 Å². The van der Waals surface area contributed by atoms with Gasteiger partial charge < -0.3 is 9.31 Å². The van der Waals surface area contributed by atoms with Crippen LogP contribution >= 0.6 is 11.3 Å². The molecule has 2 aromatic rings. The number of pyridine rings is 1. The second-order valence-corrected chi connectivity index (χ2v) is 8.93. The summed E-state index contributed by atoms with van der Waals surface area (Å²) in [6.45, 7) is 8.40. The lowest BCUT2D eigenvalue weighted by atomic mass is 9.79. The summed E-state index contributed by atoms with van der Waals surface area (Å²) in [6, 6.07) is 3.85. The Morgan fingerprint density at radius 2 is 1.77 bits per heavy atom. The molecule has 8 heteroatoms. The third-order valence-electron chi connectivity index (χ3n) is 5.47. The number of amides is 2. The Kier molecular flexibility index (Phi) is 3.98. The summed E-state index contributed by atoms with van der Waals surface area (Å²) in [5.41, 5.74) is 0.934. The molecule has 0 atom stereocenters. The molecule has 4 heterocycles. The van der Waals surface area contributed by atoms with Crippen LogP contribution in [0.15, 0.2) is 18.3 Å². The van der Waals surface area contributed by atoms with Crippen LogP contribution in [0.3, 0.4) is 0 Å². The summed E-state index contributed by atoms with van der Waals surface area (Å²) in [7, 11) is -0.466. The Hall–Kier alpha value is -1.77. The number of likely N-dealkylation sites (tertiary alicyclic amines) is 1. The summed E-state index contributed by atoms with van der Waals surface area (Å²) in [5, 5.41) is 0. The molecule has 0 aromatic carbocycles. The standard InChI is InChI=1S/C18H21BN2O4S/c1-17(2)18(3,4)25-19(24-17)12-7-8-20-13-9-11(26-16(12)13)10-21-14(22)5-6-15(21)23/h7-9H,5-6,10H2,1-4H3. The van der Waals surface area contributed by atoms with Gasteiger partial charge in [-0.05, 0) is 39.8 Å². The summed E-state index contributed by atoms with van der Waals surface area (Å²) >= 11 is 1.53. The van der Waals surface area contributed by atoms with Gasteiger partial charge in [0.2, 0.25) is 11.8 Å². The van der Waals surface area contributed by atoms with Crippen LogP contribution in [0.5, 0.6) is 0 Å². The molecule has 0 N–H and O–H groups in total. The van der Waals surface area contributed by atoms with Crippen LogP contribution in [-0.4, -0.2) is 40.0 Å². The number of hydrogen-bond acceptors (Lipinski definition) is 6. The number of carbonyl (C=O) groups is 2. The van der Waals surface area contributed by atoms with E-state index in [0.717, 1.165) is 20.6 Å². The molecule has 2 aliphatic heterocycles. The van der Waals surface area contributed by atoms with E-state index in [-0.39, 0.29) is 11.8 Å². The van der Waals surface area contributed by atoms with E-state index in [2.05, 4.69) is 4.98 Å². The van der Waals surface area contributed by atoms with E-state index in [9.17, 15) is 9.59 Å². The zero-order valence-corrected chi connectivity index (χ0v) is 16.2. The van der Waals surface area contributed by atoms with E-state index in [0.29, 0.717) is 19.4 Å². The fourth-order valence-corrected chi connectivity index (χ4v) is 4.32. The minimum atomic E-state index is -0.466. The van der Waals surface area contributed by atoms with Crippen LogP contribution in [0, 0.1) is 0 Å². The maximum Gasteiger partial charge on any atom is 0.496 e. The topological polar surface area (TPSA) is 68.7 Å². The van der Waals surface area contributed by atoms with Crippen molar-refractivity contribution in [3.8, 4) is 0 Å². The average molecular weight is 372 g/mol. The third-order valence-corrected chi connectivity index (χ3v) is 6.63. The average Bonchev–Trinajstić information content (AvgIpc) is 3.17. The number of rotatable bonds is 3. The monoisotopic (exact) mass is 372 g/mol. The highest BCUT2D eigenvalue weighted by molar-refractivity contribution is 7.20. The molecule has 0 saturated carbocycles. The molecular weight excluding hydrogens is 351 g/mol. The van der Waals surface area contributed by atoms with Crippen LogP contribution < -0.4 is 5.46 Å². The molecule has 0 unspecified atom stereocenters. The Bertz CT molecular complexity index is 876. The van der Waals surface area contributed by atoms with Crippen molar-refractivity contribution in [3.05, 3.63) is 23.2 Å². The number of thiophene rings is 1. The lowest BCUT2D eigenvalue weighted by molar-refractivity contribution is -0.138. The van der Waals surface area contributed by atoms with Crippen LogP contribution in [0.25, 0.3) is 10.2 Å². The van der Waals surface area contributed by atoms with Crippen LogP contribution in [0.4, 0.5) is 0 Å². The second kappa shape index (κ2) is 5.87. The molecule has 0 spiro atoms. The molecule has 2 saturated heterocycles. The van der Waals surface area contributed by atoms with Crippen molar-refractivity contribution >= 4 is 45.9 Å². The van der Waals surface area contributed by atoms with Crippen LogP contribution in [0.2, 0.25) is 0 Å². The summed E-state index contributed by atoms with van der Waals surface area (Å²) in [5.74, 6) is -0.210. The van der Waals surface area contributed by atoms with Gasteiger partial charge in [0.1, 0.15) is 0 Å². The van der Waals surface area contributed by atoms with E-state index in [1.807, 2.05) is 39.8 Å². The first-order chi connectivity index (χ1) is 12.2. The van der Waals surface area contributed by atoms with Gasteiger partial charge >= 0.3 is 7.12 Å². The lowest BCUT2D eigenvalue weighted by Gasteiger charge is -2.32. The van der Waals surface area contributed by atoms with E-state index in [4.69, 9.17) is 9.31 Å². The van der Waals surface area contributed by atoms with Crippen molar-refractivity contribution in [2.75, 3.05) is 0 Å². The molecule has 136 valence electrons. The lowest BCUT2D eigenvalue weighted by Crippen LogP contribution is -2.41. The number of fused-ring (bicyclic) bond motifs is 1. The normalized spacial score (nSPS) is 22.0. The maximum absolute atomic E-state index is 11.9. The van der Waals surface area contributed by atoms with Gasteiger partial charge in [-0.15, -0.1) is 11.3 Å². The summed E-state index contributed by atoms with van der Waals surface area (Å²) in [6.07, 6.45) is 2.35. The number of aromatic nitrogens is 1. The Morgan fingerprint density at radius 1 is 1.15 bits per heavy atom. The van der Waals surface area contributed by atoms with Gasteiger partial charge in [0.15, 0.2) is 0 Å². The highest BCUT2D eigenvalue weighted by Gasteiger charge is 2.52. The Labute approximate surface area is 156 Å². The van der Waals surface area contributed by atoms with Gasteiger partial charge in [-0.1, -0.05) is 0 Å². The van der Waals surface area contributed by atoms with E-state index in [1.54, 1.807) is 6.20 Å². The van der Waals surface area contributed by atoms with Gasteiger partial charge in [-0.3, -0.25) is 19.5 Å². The van der Waals surface area contributed by atoms with Crippen molar-refractivity contribution in [1.82, 2.24) is 9.88 Å². The number of hydrogen-bond donors (Lipinski definition) is 0. The molecule has 4 rings (SSSR count). The van der Waals surface area contributed by atoms with Crippen LogP contribution in [-0.2, 0) is 25.4 Å². The first-order valence-electron chi connectivity index (χ1n) is 8.74. The largest absolute Gasteiger partial charge is 0.496 e. The zero-order chi connectivity index (χ0) is 18.7. The predicted octanol–water partition coefficient (Wildman–Crippen LogP) is 2.24. The minimum Gasteiger partial charge on any atom is -0.399 e. The quantitative estimate of drug-likeness (QED) is 0.611. The molecule has 2 amide bonds. The highest BCUT2D eigenvalue weighted by atomic mass is 32.1. The number of carbonyl (C=O) groups excluding carboxylic acids is 2. The maximum atomic E-state index is 11.9. The molecule has 2 aliphatic rings. The molecule has 0 radical (unpaired) electrons. The van der Waals surface area contributed by atoms with Crippen molar-refractivity contribution in [1.29, 1.82) is 0 Å². The molecule has 0 aliphatic carbocycles. The van der Waals surface area contributed by atoms with Crippen molar-refractivity contribution < 1.29 is 18.9 Å². The van der Waals surface area contributed by atoms with Crippen molar-refractivity contribution in [3.63, 3.8) is 0 Å². The Balaban J connectivity index is 1.67. The smallest absolute Gasteiger partial charge is 0.399 e. The van der Waals surface area contributed by atoms with Crippen molar-refractivity contribution in [2.24, 2.45) is 0 Å². The van der Waals surface area contributed by atoms with Gasteiger partial charge in [0.05, 0.1) is 28.0 Å². The zero-order valence-electron chi connectivity index (χ0n) is 15.4. The molecule has 6 nitrogen and oxygen atoms in total. The number of imide groups is 1. The fourth-order valence-electron chi connectivity index (χ4n) is 3.20. The van der Waals surface area contributed by atoms with Crippen LogP contribution in [0.1, 0.15) is 45.4 Å². The SMILES string of the molecule is CC1(C)OB(c2ccnc3cc(CN4C(=O)CCC4=O)sc23)OC1(C)C.